The van der Waals surface area contributed by atoms with Crippen molar-refractivity contribution in [1.29, 1.82) is 0 Å². The summed E-state index contributed by atoms with van der Waals surface area (Å²) >= 11 is 6.15. The Labute approximate surface area is 173 Å². The van der Waals surface area contributed by atoms with Crippen molar-refractivity contribution in [3.8, 4) is 22.4 Å². The predicted molar refractivity (Wildman–Crippen MR) is 114 cm³/mol. The number of benzene rings is 2. The molecule has 0 unspecified atom stereocenters. The fourth-order valence-electron chi connectivity index (χ4n) is 3.06. The van der Waals surface area contributed by atoms with E-state index in [0.717, 1.165) is 22.3 Å². The van der Waals surface area contributed by atoms with Crippen LogP contribution >= 0.6 is 11.6 Å². The van der Waals surface area contributed by atoms with Gasteiger partial charge in [-0.25, -0.2) is 0 Å². The normalized spacial score (nSPS) is 10.7. The molecule has 0 aliphatic heterocycles. The molecule has 144 valence electrons. The number of aryl methyl sites for hydroxylation is 1. The van der Waals surface area contributed by atoms with Crippen molar-refractivity contribution in [3.05, 3.63) is 89.2 Å². The molecule has 4 aromatic rings. The minimum absolute atomic E-state index is 0.182. The highest BCUT2D eigenvalue weighted by atomic mass is 35.5. The van der Waals surface area contributed by atoms with Gasteiger partial charge in [0.1, 0.15) is 5.69 Å². The van der Waals surface area contributed by atoms with Crippen LogP contribution in [0.5, 0.6) is 0 Å². The summed E-state index contributed by atoms with van der Waals surface area (Å²) in [6, 6.07) is 18.9. The Morgan fingerprint density at radius 3 is 2.52 bits per heavy atom. The summed E-state index contributed by atoms with van der Waals surface area (Å²) in [5.74, 6) is 0.112. The molecule has 29 heavy (non-hydrogen) atoms. The van der Waals surface area contributed by atoms with E-state index in [9.17, 15) is 4.79 Å². The van der Waals surface area contributed by atoms with Crippen molar-refractivity contribution >= 4 is 23.4 Å². The van der Waals surface area contributed by atoms with Gasteiger partial charge in [-0.2, -0.15) is 0 Å². The third-order valence-corrected chi connectivity index (χ3v) is 4.73. The van der Waals surface area contributed by atoms with Gasteiger partial charge in [0, 0.05) is 23.0 Å². The zero-order valence-corrected chi connectivity index (χ0v) is 16.5. The number of nitrogens with one attached hydrogen (secondary N) is 1. The number of aromatic nitrogens is 2. The summed E-state index contributed by atoms with van der Waals surface area (Å²) < 4.78 is 5.53. The maximum Gasteiger partial charge on any atom is 0.239 e. The minimum atomic E-state index is -0.182. The van der Waals surface area contributed by atoms with Gasteiger partial charge in [0.2, 0.25) is 11.8 Å². The van der Waals surface area contributed by atoms with E-state index in [1.54, 1.807) is 18.5 Å². The van der Waals surface area contributed by atoms with Crippen LogP contribution in [0.1, 0.15) is 11.1 Å². The molecule has 2 heterocycles. The smallest absolute Gasteiger partial charge is 0.239 e. The van der Waals surface area contributed by atoms with Gasteiger partial charge in [0.15, 0.2) is 0 Å². The first-order valence-corrected chi connectivity index (χ1v) is 9.49. The Morgan fingerprint density at radius 2 is 1.79 bits per heavy atom. The van der Waals surface area contributed by atoms with E-state index in [0.29, 0.717) is 22.2 Å². The van der Waals surface area contributed by atoms with Gasteiger partial charge >= 0.3 is 0 Å². The lowest BCUT2D eigenvalue weighted by atomic mass is 10.0. The highest BCUT2D eigenvalue weighted by molar-refractivity contribution is 6.30. The first-order valence-electron chi connectivity index (χ1n) is 9.11. The molecule has 4 rings (SSSR count). The maximum atomic E-state index is 12.6. The second-order valence-electron chi connectivity index (χ2n) is 6.69. The van der Waals surface area contributed by atoms with Crippen molar-refractivity contribution in [2.24, 2.45) is 0 Å². The Balaban J connectivity index is 1.68. The van der Waals surface area contributed by atoms with Crippen molar-refractivity contribution < 1.29 is 9.32 Å². The molecule has 6 heteroatoms. The van der Waals surface area contributed by atoms with Crippen LogP contribution in [0, 0.1) is 6.92 Å². The van der Waals surface area contributed by atoms with Gasteiger partial charge in [0.05, 0.1) is 12.0 Å². The van der Waals surface area contributed by atoms with Crippen LogP contribution in [0.3, 0.4) is 0 Å². The van der Waals surface area contributed by atoms with Gasteiger partial charge in [-0.3, -0.25) is 15.1 Å². The highest BCUT2D eigenvalue weighted by Gasteiger charge is 2.21. The van der Waals surface area contributed by atoms with E-state index < -0.39 is 0 Å². The van der Waals surface area contributed by atoms with Crippen LogP contribution in [0.2, 0.25) is 5.02 Å². The Kier molecular flexibility index (Phi) is 5.40. The van der Waals surface area contributed by atoms with E-state index in [-0.39, 0.29) is 12.3 Å². The molecule has 1 N–H and O–H groups in total. The van der Waals surface area contributed by atoms with E-state index in [4.69, 9.17) is 16.1 Å². The third-order valence-electron chi connectivity index (χ3n) is 4.50. The third kappa shape index (κ3) is 4.36. The molecule has 2 aromatic heterocycles. The standard InChI is InChI=1S/C23H18ClN3O2/c1-15-5-7-16(8-6-15)13-20(28)26-23-21(17-9-11-25-12-10-17)22(27-29-23)18-3-2-4-19(24)14-18/h2-12,14H,13H2,1H3,(H,26,28). The second kappa shape index (κ2) is 8.29. The summed E-state index contributed by atoms with van der Waals surface area (Å²) in [4.78, 5) is 16.7. The number of carbonyl (C=O) groups excluding carboxylic acids is 1. The van der Waals surface area contributed by atoms with Crippen molar-refractivity contribution in [2.45, 2.75) is 13.3 Å². The molecule has 0 bridgehead atoms. The topological polar surface area (TPSA) is 68.0 Å². The number of carbonyl (C=O) groups is 1. The lowest BCUT2D eigenvalue weighted by Gasteiger charge is -2.07. The van der Waals surface area contributed by atoms with E-state index in [1.807, 2.05) is 61.5 Å². The fraction of sp³-hybridized carbons (Fsp3) is 0.0870. The van der Waals surface area contributed by atoms with Gasteiger partial charge in [-0.1, -0.05) is 58.7 Å². The SMILES string of the molecule is Cc1ccc(CC(=O)Nc2onc(-c3cccc(Cl)c3)c2-c2ccncc2)cc1. The van der Waals surface area contributed by atoms with E-state index in [2.05, 4.69) is 15.5 Å². The second-order valence-corrected chi connectivity index (χ2v) is 7.13. The van der Waals surface area contributed by atoms with Crippen LogP contribution in [-0.2, 0) is 11.2 Å². The molecule has 0 saturated heterocycles. The van der Waals surface area contributed by atoms with Crippen LogP contribution in [0.25, 0.3) is 22.4 Å². The number of amides is 1. The molecule has 0 saturated carbocycles. The highest BCUT2D eigenvalue weighted by Crippen LogP contribution is 2.38. The van der Waals surface area contributed by atoms with Gasteiger partial charge in [0.25, 0.3) is 0 Å². The molecule has 0 spiro atoms. The molecule has 5 nitrogen and oxygen atoms in total. The fourth-order valence-corrected chi connectivity index (χ4v) is 3.25. The number of rotatable bonds is 5. The number of pyridine rings is 1. The van der Waals surface area contributed by atoms with Crippen molar-refractivity contribution in [2.75, 3.05) is 5.32 Å². The molecular weight excluding hydrogens is 386 g/mol. The maximum absolute atomic E-state index is 12.6. The number of anilines is 1. The molecule has 0 aliphatic carbocycles. The van der Waals surface area contributed by atoms with E-state index in [1.165, 1.54) is 0 Å². The summed E-state index contributed by atoms with van der Waals surface area (Å²) in [6.45, 7) is 2.01. The Hall–Kier alpha value is -3.44. The van der Waals surface area contributed by atoms with Gasteiger partial charge in [-0.05, 0) is 42.3 Å². The number of hydrogen-bond acceptors (Lipinski definition) is 4. The molecular formula is C23H18ClN3O2. The van der Waals surface area contributed by atoms with Crippen LogP contribution in [0.15, 0.2) is 77.6 Å². The summed E-state index contributed by atoms with van der Waals surface area (Å²) in [6.07, 6.45) is 3.60. The molecule has 2 aromatic carbocycles. The van der Waals surface area contributed by atoms with Gasteiger partial charge in [-0.15, -0.1) is 0 Å². The first-order chi connectivity index (χ1) is 14.1. The lowest BCUT2D eigenvalue weighted by Crippen LogP contribution is -2.14. The molecule has 0 fully saturated rings. The van der Waals surface area contributed by atoms with Crippen molar-refractivity contribution in [1.82, 2.24) is 10.1 Å². The Morgan fingerprint density at radius 1 is 1.03 bits per heavy atom. The quantitative estimate of drug-likeness (QED) is 0.474. The number of hydrogen-bond donors (Lipinski definition) is 1. The molecule has 1 amide bonds. The van der Waals surface area contributed by atoms with Crippen LogP contribution in [-0.4, -0.2) is 16.0 Å². The molecule has 0 atom stereocenters. The van der Waals surface area contributed by atoms with Crippen LogP contribution in [0.4, 0.5) is 5.88 Å². The first kappa shape index (κ1) is 18.9. The summed E-state index contributed by atoms with van der Waals surface area (Å²) in [5.41, 5.74) is 4.99. The van der Waals surface area contributed by atoms with Crippen molar-refractivity contribution in [3.63, 3.8) is 0 Å². The number of nitrogens with zero attached hydrogens (tertiary/aromatic N) is 2. The van der Waals surface area contributed by atoms with Gasteiger partial charge < -0.3 is 4.52 Å². The lowest BCUT2D eigenvalue weighted by molar-refractivity contribution is -0.115. The monoisotopic (exact) mass is 403 g/mol. The Bertz CT molecular complexity index is 1140. The minimum Gasteiger partial charge on any atom is -0.337 e. The molecule has 0 radical (unpaired) electrons. The zero-order chi connectivity index (χ0) is 20.2. The summed E-state index contributed by atoms with van der Waals surface area (Å²) in [7, 11) is 0. The summed E-state index contributed by atoms with van der Waals surface area (Å²) in [5, 5.41) is 7.66. The molecule has 0 aliphatic rings. The average Bonchev–Trinajstić information content (AvgIpc) is 3.14. The average molecular weight is 404 g/mol. The van der Waals surface area contributed by atoms with Crippen LogP contribution < -0.4 is 5.32 Å². The van der Waals surface area contributed by atoms with E-state index >= 15 is 0 Å². The number of halogens is 1. The largest absolute Gasteiger partial charge is 0.337 e. The zero-order valence-electron chi connectivity index (χ0n) is 15.7. The predicted octanol–water partition coefficient (Wildman–Crippen LogP) is 5.55.